The minimum atomic E-state index is -1.19. The largest absolute Gasteiger partial charge is 0.545 e. The topological polar surface area (TPSA) is 78.8 Å². The molecule has 29 heavy (non-hydrogen) atoms. The second-order valence-corrected chi connectivity index (χ2v) is 7.20. The minimum absolute atomic E-state index is 0.178. The summed E-state index contributed by atoms with van der Waals surface area (Å²) in [5.41, 5.74) is 4.16. The number of nitrogens with zero attached hydrogens (tertiary/aromatic N) is 3. The molecule has 0 aliphatic carbocycles. The molecule has 0 fully saturated rings. The van der Waals surface area contributed by atoms with Gasteiger partial charge in [0.15, 0.2) is 0 Å². The maximum atomic E-state index is 11.3. The summed E-state index contributed by atoms with van der Waals surface area (Å²) >= 11 is 1.34. The molecule has 6 heteroatoms. The van der Waals surface area contributed by atoms with E-state index in [2.05, 4.69) is 10.2 Å². The first-order valence-corrected chi connectivity index (χ1v) is 9.98. The molecule has 0 atom stereocenters. The van der Waals surface area contributed by atoms with Gasteiger partial charge >= 0.3 is 0 Å². The van der Waals surface area contributed by atoms with Crippen molar-refractivity contribution in [2.75, 3.05) is 0 Å². The zero-order valence-corrected chi connectivity index (χ0v) is 16.2. The lowest BCUT2D eigenvalue weighted by Crippen LogP contribution is -2.23. The van der Waals surface area contributed by atoms with Gasteiger partial charge in [-0.2, -0.15) is 0 Å². The van der Waals surface area contributed by atoms with Gasteiger partial charge in [-0.3, -0.25) is 0 Å². The van der Waals surface area contributed by atoms with Gasteiger partial charge in [-0.05, 0) is 5.56 Å². The average Bonchev–Trinajstić information content (AvgIpc) is 2.79. The third-order valence-electron chi connectivity index (χ3n) is 4.36. The number of aromatic nitrogens is 3. The van der Waals surface area contributed by atoms with E-state index in [1.165, 1.54) is 17.8 Å². The van der Waals surface area contributed by atoms with Crippen LogP contribution in [0.2, 0.25) is 0 Å². The zero-order valence-electron chi connectivity index (χ0n) is 15.4. The van der Waals surface area contributed by atoms with Crippen LogP contribution in [0.3, 0.4) is 0 Å². The maximum absolute atomic E-state index is 11.3. The molecule has 4 rings (SSSR count). The Kier molecular flexibility index (Phi) is 5.63. The van der Waals surface area contributed by atoms with E-state index < -0.39 is 5.97 Å². The first kappa shape index (κ1) is 18.8. The number of aromatic carboxylic acids is 1. The molecule has 0 aliphatic heterocycles. The van der Waals surface area contributed by atoms with E-state index >= 15 is 0 Å². The lowest BCUT2D eigenvalue weighted by atomic mass is 10.0. The summed E-state index contributed by atoms with van der Waals surface area (Å²) in [5, 5.41) is 20.5. The first-order chi connectivity index (χ1) is 14.2. The molecule has 0 amide bonds. The highest BCUT2D eigenvalue weighted by Crippen LogP contribution is 2.30. The van der Waals surface area contributed by atoms with Crippen molar-refractivity contribution in [2.24, 2.45) is 0 Å². The normalized spacial score (nSPS) is 10.6. The van der Waals surface area contributed by atoms with Gasteiger partial charge < -0.3 is 9.90 Å². The van der Waals surface area contributed by atoms with Crippen LogP contribution in [0.25, 0.3) is 22.5 Å². The fourth-order valence-electron chi connectivity index (χ4n) is 2.95. The summed E-state index contributed by atoms with van der Waals surface area (Å²) in [7, 11) is 0. The van der Waals surface area contributed by atoms with Crippen LogP contribution in [0.15, 0.2) is 90.1 Å². The number of rotatable bonds is 6. The van der Waals surface area contributed by atoms with E-state index in [-0.39, 0.29) is 5.56 Å². The third kappa shape index (κ3) is 4.33. The van der Waals surface area contributed by atoms with Crippen molar-refractivity contribution in [3.05, 3.63) is 96.1 Å². The Balaban J connectivity index is 1.69. The summed E-state index contributed by atoms with van der Waals surface area (Å²) in [6.45, 7) is 0. The molecule has 4 aromatic rings. The Morgan fingerprint density at radius 3 is 2.00 bits per heavy atom. The van der Waals surface area contributed by atoms with E-state index in [4.69, 9.17) is 4.98 Å². The number of hydrogen-bond donors (Lipinski definition) is 0. The molecule has 0 bridgehead atoms. The number of carbonyl (C=O) groups is 1. The van der Waals surface area contributed by atoms with Gasteiger partial charge in [-0.1, -0.05) is 96.7 Å². The van der Waals surface area contributed by atoms with Crippen LogP contribution >= 0.6 is 11.8 Å². The second-order valence-electron chi connectivity index (χ2n) is 6.26. The van der Waals surface area contributed by atoms with Crippen LogP contribution in [-0.2, 0) is 5.75 Å². The number of carbonyl (C=O) groups excluding carboxylic acids is 1. The van der Waals surface area contributed by atoms with E-state index in [0.29, 0.717) is 22.2 Å². The molecule has 0 N–H and O–H groups in total. The van der Waals surface area contributed by atoms with Crippen LogP contribution in [0, 0.1) is 0 Å². The number of carboxylic acids is 1. The van der Waals surface area contributed by atoms with E-state index in [1.807, 2.05) is 60.7 Å². The Morgan fingerprint density at radius 2 is 1.34 bits per heavy atom. The van der Waals surface area contributed by atoms with Crippen molar-refractivity contribution < 1.29 is 9.90 Å². The van der Waals surface area contributed by atoms with Gasteiger partial charge in [-0.15, -0.1) is 10.2 Å². The quantitative estimate of drug-likeness (QED) is 0.459. The number of carboxylic acid groups (broad SMARTS) is 1. The van der Waals surface area contributed by atoms with Crippen LogP contribution in [0.4, 0.5) is 0 Å². The summed E-state index contributed by atoms with van der Waals surface area (Å²) in [6, 6.07) is 26.4. The van der Waals surface area contributed by atoms with Crippen molar-refractivity contribution >= 4 is 17.7 Å². The minimum Gasteiger partial charge on any atom is -0.545 e. The van der Waals surface area contributed by atoms with Crippen LogP contribution in [0.1, 0.15) is 15.9 Å². The van der Waals surface area contributed by atoms with E-state index in [9.17, 15) is 9.90 Å². The smallest absolute Gasteiger partial charge is 0.210 e. The van der Waals surface area contributed by atoms with Gasteiger partial charge in [0.1, 0.15) is 11.4 Å². The van der Waals surface area contributed by atoms with Gasteiger partial charge in [-0.25, -0.2) is 4.98 Å². The van der Waals surface area contributed by atoms with Crippen molar-refractivity contribution in [1.82, 2.24) is 15.2 Å². The molecule has 0 spiro atoms. The molecular formula is C23H16N3O2S-. The molecule has 0 unspecified atom stereocenters. The highest BCUT2D eigenvalue weighted by molar-refractivity contribution is 7.98. The maximum Gasteiger partial charge on any atom is 0.210 e. The zero-order chi connectivity index (χ0) is 20.1. The number of thioether (sulfide) groups is 1. The second kappa shape index (κ2) is 8.67. The van der Waals surface area contributed by atoms with Crippen molar-refractivity contribution in [3.63, 3.8) is 0 Å². The average molecular weight is 398 g/mol. The highest BCUT2D eigenvalue weighted by Gasteiger charge is 2.14. The molecule has 3 aromatic carbocycles. The molecule has 0 saturated carbocycles. The predicted molar refractivity (Wildman–Crippen MR) is 111 cm³/mol. The monoisotopic (exact) mass is 398 g/mol. The van der Waals surface area contributed by atoms with Crippen molar-refractivity contribution in [1.29, 1.82) is 0 Å². The van der Waals surface area contributed by atoms with Gasteiger partial charge in [0, 0.05) is 22.4 Å². The summed E-state index contributed by atoms with van der Waals surface area (Å²) in [4.78, 5) is 16.0. The summed E-state index contributed by atoms with van der Waals surface area (Å²) < 4.78 is 0. The Labute approximate surface area is 172 Å². The lowest BCUT2D eigenvalue weighted by Gasteiger charge is -2.11. The van der Waals surface area contributed by atoms with Gasteiger partial charge in [0.25, 0.3) is 0 Å². The highest BCUT2D eigenvalue weighted by atomic mass is 32.2. The SMILES string of the molecule is O=C([O-])c1ccccc1CSc1nnc(-c2ccccc2)c(-c2ccccc2)n1. The Bertz CT molecular complexity index is 1140. The standard InChI is InChI=1S/C23H17N3O2S/c27-22(28)19-14-8-7-13-18(19)15-29-23-24-20(16-9-3-1-4-10-16)21(25-26-23)17-11-5-2-6-12-17/h1-14H,15H2,(H,27,28)/p-1. The van der Waals surface area contributed by atoms with Crippen LogP contribution < -0.4 is 5.11 Å². The Hall–Kier alpha value is -3.51. The molecule has 0 radical (unpaired) electrons. The van der Waals surface area contributed by atoms with E-state index in [1.54, 1.807) is 18.2 Å². The number of benzene rings is 3. The first-order valence-electron chi connectivity index (χ1n) is 9.00. The molecule has 0 aliphatic rings. The third-order valence-corrected chi connectivity index (χ3v) is 5.24. The predicted octanol–water partition coefficient (Wildman–Crippen LogP) is 3.86. The van der Waals surface area contributed by atoms with Gasteiger partial charge in [0.2, 0.25) is 5.16 Å². The van der Waals surface area contributed by atoms with Crippen LogP contribution in [0.5, 0.6) is 0 Å². The van der Waals surface area contributed by atoms with Crippen molar-refractivity contribution in [2.45, 2.75) is 10.9 Å². The molecule has 5 nitrogen and oxygen atoms in total. The molecular weight excluding hydrogens is 382 g/mol. The molecule has 142 valence electrons. The molecule has 0 saturated heterocycles. The number of hydrogen-bond acceptors (Lipinski definition) is 6. The van der Waals surface area contributed by atoms with Crippen molar-refractivity contribution in [3.8, 4) is 22.5 Å². The fraction of sp³-hybridized carbons (Fsp3) is 0.0435. The summed E-state index contributed by atoms with van der Waals surface area (Å²) in [6.07, 6.45) is 0. The van der Waals surface area contributed by atoms with E-state index in [0.717, 1.165) is 16.8 Å². The Morgan fingerprint density at radius 1 is 0.759 bits per heavy atom. The van der Waals surface area contributed by atoms with Gasteiger partial charge in [0.05, 0.1) is 5.97 Å². The van der Waals surface area contributed by atoms with Crippen LogP contribution in [-0.4, -0.2) is 21.2 Å². The molecule has 1 heterocycles. The molecule has 1 aromatic heterocycles. The fourth-order valence-corrected chi connectivity index (χ4v) is 3.74. The summed E-state index contributed by atoms with van der Waals surface area (Å²) in [5.74, 6) is -0.783. The lowest BCUT2D eigenvalue weighted by molar-refractivity contribution is -0.255.